The van der Waals surface area contributed by atoms with Gasteiger partial charge in [0.1, 0.15) is 6.29 Å². The molecule has 3 nitrogen and oxygen atoms in total. The first-order valence-electron chi connectivity index (χ1n) is 6.08. The van der Waals surface area contributed by atoms with E-state index in [0.29, 0.717) is 12.6 Å². The zero-order valence-electron chi connectivity index (χ0n) is 9.58. The second-order valence-corrected chi connectivity index (χ2v) is 4.96. The number of carbonyl (C=O) groups is 1. The lowest BCUT2D eigenvalue weighted by Gasteiger charge is -2.31. The molecule has 15 heavy (non-hydrogen) atoms. The van der Waals surface area contributed by atoms with Gasteiger partial charge in [-0.2, -0.15) is 0 Å². The number of nitrogens with zero attached hydrogens (tertiary/aromatic N) is 1. The fourth-order valence-corrected chi connectivity index (χ4v) is 2.85. The summed E-state index contributed by atoms with van der Waals surface area (Å²) in [4.78, 5) is 13.7. The van der Waals surface area contributed by atoms with Crippen molar-refractivity contribution in [3.63, 3.8) is 0 Å². The lowest BCUT2D eigenvalue weighted by molar-refractivity contribution is -0.117. The average Bonchev–Trinajstić information content (AvgIpc) is 2.88. The van der Waals surface area contributed by atoms with Crippen molar-refractivity contribution in [2.45, 2.75) is 38.6 Å². The number of hydrogen-bond acceptors (Lipinski definition) is 3. The van der Waals surface area contributed by atoms with E-state index >= 15 is 0 Å². The molecule has 2 unspecified atom stereocenters. The Kier molecular flexibility index (Phi) is 3.42. The third-order valence-electron chi connectivity index (χ3n) is 3.87. The van der Waals surface area contributed by atoms with Crippen LogP contribution < -0.4 is 0 Å². The Morgan fingerprint density at radius 2 is 2.47 bits per heavy atom. The molecule has 2 aliphatic heterocycles. The van der Waals surface area contributed by atoms with E-state index in [1.54, 1.807) is 0 Å². The monoisotopic (exact) mass is 211 g/mol. The predicted octanol–water partition coefficient (Wildman–Crippen LogP) is 1.47. The number of hydrogen-bond donors (Lipinski definition) is 0. The molecule has 0 aromatic carbocycles. The molecule has 2 fully saturated rings. The summed E-state index contributed by atoms with van der Waals surface area (Å²) in [6.45, 7) is 5.69. The molecule has 0 aliphatic carbocycles. The van der Waals surface area contributed by atoms with Crippen molar-refractivity contribution >= 4 is 6.29 Å². The maximum Gasteiger partial charge on any atom is 0.129 e. The Balaban J connectivity index is 1.96. The van der Waals surface area contributed by atoms with Gasteiger partial charge in [-0.1, -0.05) is 6.92 Å². The number of carbonyl (C=O) groups excluding carboxylic acids is 1. The van der Waals surface area contributed by atoms with E-state index < -0.39 is 0 Å². The van der Waals surface area contributed by atoms with Crippen LogP contribution in [-0.2, 0) is 9.53 Å². The molecule has 0 aromatic rings. The van der Waals surface area contributed by atoms with Crippen molar-refractivity contribution in [1.82, 2.24) is 4.90 Å². The molecule has 0 N–H and O–H groups in total. The summed E-state index contributed by atoms with van der Waals surface area (Å²) < 4.78 is 5.37. The molecule has 86 valence electrons. The standard InChI is InChI=1S/C12H21NO2/c1-2-11-4-3-6-13(11)8-12(9-14)5-7-15-10-12/h9,11H,2-8,10H2,1H3. The van der Waals surface area contributed by atoms with Crippen LogP contribution in [0.5, 0.6) is 0 Å². The molecule has 0 saturated carbocycles. The van der Waals surface area contributed by atoms with Gasteiger partial charge in [-0.15, -0.1) is 0 Å². The zero-order valence-corrected chi connectivity index (χ0v) is 9.58. The summed E-state index contributed by atoms with van der Waals surface area (Å²) in [5, 5.41) is 0. The Hall–Kier alpha value is -0.410. The van der Waals surface area contributed by atoms with Gasteiger partial charge >= 0.3 is 0 Å². The largest absolute Gasteiger partial charge is 0.380 e. The maximum atomic E-state index is 11.2. The first-order chi connectivity index (χ1) is 7.29. The molecule has 2 atom stereocenters. The summed E-state index contributed by atoms with van der Waals surface area (Å²) in [7, 11) is 0. The molecule has 0 aromatic heterocycles. The van der Waals surface area contributed by atoms with E-state index in [1.807, 2.05) is 0 Å². The Morgan fingerprint density at radius 1 is 1.60 bits per heavy atom. The van der Waals surface area contributed by atoms with Crippen LogP contribution >= 0.6 is 0 Å². The van der Waals surface area contributed by atoms with Crippen LogP contribution in [0, 0.1) is 5.41 Å². The summed E-state index contributed by atoms with van der Waals surface area (Å²) in [5.41, 5.74) is -0.197. The van der Waals surface area contributed by atoms with Gasteiger partial charge in [0.15, 0.2) is 0 Å². The van der Waals surface area contributed by atoms with Crippen molar-refractivity contribution < 1.29 is 9.53 Å². The SMILES string of the molecule is CCC1CCCN1CC1(C=O)CCOC1. The summed E-state index contributed by atoms with van der Waals surface area (Å²) in [5.74, 6) is 0. The molecule has 0 bridgehead atoms. The summed E-state index contributed by atoms with van der Waals surface area (Å²) >= 11 is 0. The topological polar surface area (TPSA) is 29.5 Å². The lowest BCUT2D eigenvalue weighted by Crippen LogP contribution is -2.41. The Bertz CT molecular complexity index is 224. The van der Waals surface area contributed by atoms with Gasteiger partial charge in [-0.05, 0) is 32.2 Å². The van der Waals surface area contributed by atoms with E-state index in [4.69, 9.17) is 4.74 Å². The molecule has 2 saturated heterocycles. The van der Waals surface area contributed by atoms with Gasteiger partial charge in [0.25, 0.3) is 0 Å². The Labute approximate surface area is 91.8 Å². The third-order valence-corrected chi connectivity index (χ3v) is 3.87. The molecule has 0 radical (unpaired) electrons. The minimum Gasteiger partial charge on any atom is -0.380 e. The quantitative estimate of drug-likeness (QED) is 0.659. The van der Waals surface area contributed by atoms with Gasteiger partial charge < -0.3 is 9.53 Å². The van der Waals surface area contributed by atoms with Crippen LogP contribution in [0.1, 0.15) is 32.6 Å². The molecule has 2 heterocycles. The van der Waals surface area contributed by atoms with Crippen molar-refractivity contribution in [2.24, 2.45) is 5.41 Å². The molecule has 0 amide bonds. The van der Waals surface area contributed by atoms with E-state index in [1.165, 1.54) is 19.3 Å². The number of aldehydes is 1. The highest BCUT2D eigenvalue weighted by molar-refractivity contribution is 5.60. The van der Waals surface area contributed by atoms with Crippen LogP contribution in [0.2, 0.25) is 0 Å². The van der Waals surface area contributed by atoms with E-state index in [9.17, 15) is 4.79 Å². The van der Waals surface area contributed by atoms with E-state index in [2.05, 4.69) is 11.8 Å². The average molecular weight is 211 g/mol. The number of likely N-dealkylation sites (tertiary alicyclic amines) is 1. The van der Waals surface area contributed by atoms with Crippen LogP contribution in [0.25, 0.3) is 0 Å². The van der Waals surface area contributed by atoms with Gasteiger partial charge in [0.2, 0.25) is 0 Å². The highest BCUT2D eigenvalue weighted by Crippen LogP contribution is 2.31. The highest BCUT2D eigenvalue weighted by Gasteiger charge is 2.38. The van der Waals surface area contributed by atoms with Crippen LogP contribution in [-0.4, -0.2) is 43.5 Å². The van der Waals surface area contributed by atoms with Gasteiger partial charge in [-0.25, -0.2) is 0 Å². The normalized spacial score (nSPS) is 37.3. The minimum atomic E-state index is -0.197. The van der Waals surface area contributed by atoms with E-state index in [0.717, 1.165) is 32.4 Å². The fraction of sp³-hybridized carbons (Fsp3) is 0.917. The van der Waals surface area contributed by atoms with Gasteiger partial charge in [0, 0.05) is 19.2 Å². The van der Waals surface area contributed by atoms with Crippen molar-refractivity contribution in [1.29, 1.82) is 0 Å². The summed E-state index contributed by atoms with van der Waals surface area (Å²) in [6, 6.07) is 0.697. The van der Waals surface area contributed by atoms with Crippen molar-refractivity contribution in [3.05, 3.63) is 0 Å². The molecule has 3 heteroatoms. The predicted molar refractivity (Wildman–Crippen MR) is 58.8 cm³/mol. The fourth-order valence-electron chi connectivity index (χ4n) is 2.85. The Morgan fingerprint density at radius 3 is 3.07 bits per heavy atom. The summed E-state index contributed by atoms with van der Waals surface area (Å²) in [6.07, 6.45) is 5.82. The molecule has 2 rings (SSSR count). The first-order valence-corrected chi connectivity index (χ1v) is 6.08. The van der Waals surface area contributed by atoms with Gasteiger partial charge in [0.05, 0.1) is 12.0 Å². The lowest BCUT2D eigenvalue weighted by atomic mass is 9.88. The van der Waals surface area contributed by atoms with Crippen LogP contribution in [0.4, 0.5) is 0 Å². The smallest absolute Gasteiger partial charge is 0.129 e. The minimum absolute atomic E-state index is 0.197. The zero-order chi connectivity index (χ0) is 10.7. The van der Waals surface area contributed by atoms with Crippen LogP contribution in [0.3, 0.4) is 0 Å². The van der Waals surface area contributed by atoms with Gasteiger partial charge in [-0.3, -0.25) is 4.90 Å². The van der Waals surface area contributed by atoms with E-state index in [-0.39, 0.29) is 5.41 Å². The third kappa shape index (κ3) is 2.23. The first kappa shape index (κ1) is 11.1. The van der Waals surface area contributed by atoms with Crippen LogP contribution in [0.15, 0.2) is 0 Å². The second kappa shape index (κ2) is 4.62. The molecular formula is C12H21NO2. The number of rotatable bonds is 4. The van der Waals surface area contributed by atoms with Crippen molar-refractivity contribution in [3.8, 4) is 0 Å². The highest BCUT2D eigenvalue weighted by atomic mass is 16.5. The number of ether oxygens (including phenoxy) is 1. The second-order valence-electron chi connectivity index (χ2n) is 4.96. The molecule has 0 spiro atoms. The molecule has 2 aliphatic rings. The van der Waals surface area contributed by atoms with Crippen molar-refractivity contribution in [2.75, 3.05) is 26.3 Å². The molecular weight excluding hydrogens is 190 g/mol. The maximum absolute atomic E-state index is 11.2.